The summed E-state index contributed by atoms with van der Waals surface area (Å²) in [5, 5.41) is 11.5. The lowest BCUT2D eigenvalue weighted by Gasteiger charge is -1.95. The van der Waals surface area contributed by atoms with Crippen LogP contribution in [0, 0.1) is 11.7 Å². The second kappa shape index (κ2) is 6.37. The monoisotopic (exact) mass is 349 g/mol. The largest absolute Gasteiger partial charge is 0.460 e. The van der Waals surface area contributed by atoms with E-state index in [9.17, 15) is 0 Å². The molecule has 0 atom stereocenters. The Morgan fingerprint density at radius 2 is 2.04 bits per heavy atom. The molecule has 0 spiro atoms. The van der Waals surface area contributed by atoms with E-state index in [2.05, 4.69) is 20.3 Å². The summed E-state index contributed by atoms with van der Waals surface area (Å²) in [6.07, 6.45) is 5.27. The number of nitrogens with one attached hydrogen (secondary N) is 2. The molecule has 124 valence electrons. The third-order valence-corrected chi connectivity index (χ3v) is 4.05. The lowest BCUT2D eigenvalue weighted by molar-refractivity contribution is 0.546. The Morgan fingerprint density at radius 1 is 1.20 bits per heavy atom. The third-order valence-electron chi connectivity index (χ3n) is 3.76. The van der Waals surface area contributed by atoms with E-state index < -0.39 is 0 Å². The summed E-state index contributed by atoms with van der Waals surface area (Å²) in [7, 11) is 0. The minimum atomic E-state index is 0.522. The van der Waals surface area contributed by atoms with Gasteiger partial charge >= 0.3 is 0 Å². The second-order valence-corrected chi connectivity index (χ2v) is 5.93. The Hall–Kier alpha value is -3.19. The van der Waals surface area contributed by atoms with Gasteiger partial charge in [0.05, 0.1) is 24.3 Å². The molecule has 0 saturated heterocycles. The number of aromatic amines is 2. The van der Waals surface area contributed by atoms with Crippen LogP contribution in [0.1, 0.15) is 11.3 Å². The molecule has 6 nitrogen and oxygen atoms in total. The van der Waals surface area contributed by atoms with E-state index in [1.807, 2.05) is 55.6 Å². The van der Waals surface area contributed by atoms with Gasteiger partial charge in [0, 0.05) is 5.56 Å². The average molecular weight is 349 g/mol. The number of rotatable bonds is 4. The molecular formula is C18H15N5OS. The minimum absolute atomic E-state index is 0.522. The van der Waals surface area contributed by atoms with Crippen molar-refractivity contribution >= 4 is 18.4 Å². The summed E-state index contributed by atoms with van der Waals surface area (Å²) >= 11 is 5.35. The number of imidazole rings is 1. The Morgan fingerprint density at radius 3 is 2.80 bits per heavy atom. The van der Waals surface area contributed by atoms with Gasteiger partial charge in [-0.1, -0.05) is 30.3 Å². The number of hydrogen-bond donors (Lipinski definition) is 2. The molecule has 7 heteroatoms. The zero-order valence-corrected chi connectivity index (χ0v) is 14.2. The number of H-pyrrole nitrogens is 2. The van der Waals surface area contributed by atoms with Gasteiger partial charge in [0.25, 0.3) is 0 Å². The molecule has 0 aliphatic carbocycles. The number of aryl methyl sites for hydroxylation is 1. The van der Waals surface area contributed by atoms with Crippen molar-refractivity contribution in [3.8, 4) is 22.7 Å². The Kier molecular flexibility index (Phi) is 3.91. The molecule has 0 amide bonds. The van der Waals surface area contributed by atoms with Gasteiger partial charge in [-0.2, -0.15) is 10.2 Å². The highest BCUT2D eigenvalue weighted by Crippen LogP contribution is 2.22. The van der Waals surface area contributed by atoms with Crippen molar-refractivity contribution in [3.05, 3.63) is 71.0 Å². The van der Waals surface area contributed by atoms with Crippen LogP contribution in [-0.4, -0.2) is 26.1 Å². The van der Waals surface area contributed by atoms with Crippen molar-refractivity contribution < 1.29 is 4.42 Å². The molecular weight excluding hydrogens is 334 g/mol. The van der Waals surface area contributed by atoms with Gasteiger partial charge in [-0.05, 0) is 36.8 Å². The first-order chi connectivity index (χ1) is 12.2. The summed E-state index contributed by atoms with van der Waals surface area (Å²) in [5.74, 6) is 1.56. The zero-order chi connectivity index (χ0) is 17.2. The standard InChI is InChI=1S/C18H15N5OS/c1-12-7-8-16(24-12)17-14(9-19-22-17)10-20-23-11-15(21-18(23)25)13-5-3-2-4-6-13/h2-11H,1H3,(H,19,22)(H,21,25). The minimum Gasteiger partial charge on any atom is -0.460 e. The van der Waals surface area contributed by atoms with Crippen molar-refractivity contribution in [1.29, 1.82) is 0 Å². The van der Waals surface area contributed by atoms with Crippen LogP contribution in [0.3, 0.4) is 0 Å². The number of furan rings is 1. The normalized spacial score (nSPS) is 11.4. The van der Waals surface area contributed by atoms with Crippen molar-refractivity contribution in [1.82, 2.24) is 19.9 Å². The third kappa shape index (κ3) is 3.09. The van der Waals surface area contributed by atoms with Gasteiger partial charge in [-0.25, -0.2) is 4.68 Å². The van der Waals surface area contributed by atoms with E-state index in [-0.39, 0.29) is 0 Å². The molecule has 0 radical (unpaired) electrons. The van der Waals surface area contributed by atoms with E-state index >= 15 is 0 Å². The summed E-state index contributed by atoms with van der Waals surface area (Å²) < 4.78 is 7.79. The van der Waals surface area contributed by atoms with Crippen LogP contribution in [0.2, 0.25) is 0 Å². The molecule has 0 aliphatic rings. The maximum atomic E-state index is 5.64. The zero-order valence-electron chi connectivity index (χ0n) is 13.4. The molecule has 0 bridgehead atoms. The fraction of sp³-hybridized carbons (Fsp3) is 0.0556. The highest BCUT2D eigenvalue weighted by atomic mass is 32.1. The first kappa shape index (κ1) is 15.3. The molecule has 0 saturated carbocycles. The number of benzene rings is 1. The van der Waals surface area contributed by atoms with Gasteiger partial charge in [-0.3, -0.25) is 5.10 Å². The second-order valence-electron chi connectivity index (χ2n) is 5.54. The van der Waals surface area contributed by atoms with Crippen LogP contribution in [0.15, 0.2) is 64.4 Å². The van der Waals surface area contributed by atoms with Gasteiger partial charge in [0.15, 0.2) is 10.5 Å². The van der Waals surface area contributed by atoms with Crippen LogP contribution in [0.4, 0.5) is 0 Å². The van der Waals surface area contributed by atoms with Crippen molar-refractivity contribution in [2.75, 3.05) is 0 Å². The fourth-order valence-electron chi connectivity index (χ4n) is 2.52. The lowest BCUT2D eigenvalue weighted by Crippen LogP contribution is -1.89. The SMILES string of the molecule is Cc1ccc(-c2[nH]ncc2C=Nn2cc(-c3ccccc3)[nH]c2=S)o1. The average Bonchev–Trinajstić information content (AvgIpc) is 3.33. The quantitative estimate of drug-likeness (QED) is 0.424. The summed E-state index contributed by atoms with van der Waals surface area (Å²) in [4.78, 5) is 3.16. The molecule has 1 aromatic carbocycles. The summed E-state index contributed by atoms with van der Waals surface area (Å²) in [6, 6.07) is 13.8. The molecule has 3 aromatic heterocycles. The number of hydrogen-bond acceptors (Lipinski definition) is 4. The van der Waals surface area contributed by atoms with Gasteiger partial charge in [-0.15, -0.1) is 0 Å². The van der Waals surface area contributed by atoms with E-state index in [1.54, 1.807) is 17.1 Å². The molecule has 3 heterocycles. The first-order valence-corrected chi connectivity index (χ1v) is 8.13. The van der Waals surface area contributed by atoms with Crippen LogP contribution in [-0.2, 0) is 0 Å². The summed E-state index contributed by atoms with van der Waals surface area (Å²) in [6.45, 7) is 1.90. The summed E-state index contributed by atoms with van der Waals surface area (Å²) in [5.41, 5.74) is 3.57. The van der Waals surface area contributed by atoms with E-state index in [0.717, 1.165) is 34.0 Å². The molecule has 4 aromatic rings. The van der Waals surface area contributed by atoms with Crippen LogP contribution < -0.4 is 0 Å². The smallest absolute Gasteiger partial charge is 0.198 e. The molecule has 4 rings (SSSR count). The van der Waals surface area contributed by atoms with Crippen molar-refractivity contribution in [2.45, 2.75) is 6.92 Å². The number of aromatic nitrogens is 4. The topological polar surface area (TPSA) is 74.9 Å². The molecule has 25 heavy (non-hydrogen) atoms. The molecule has 0 fully saturated rings. The van der Waals surface area contributed by atoms with Gasteiger partial charge in [0.2, 0.25) is 0 Å². The predicted molar refractivity (Wildman–Crippen MR) is 99.1 cm³/mol. The van der Waals surface area contributed by atoms with Crippen LogP contribution in [0.25, 0.3) is 22.7 Å². The molecule has 2 N–H and O–H groups in total. The van der Waals surface area contributed by atoms with E-state index in [0.29, 0.717) is 4.77 Å². The Balaban J connectivity index is 1.65. The maximum absolute atomic E-state index is 5.64. The first-order valence-electron chi connectivity index (χ1n) is 7.72. The highest BCUT2D eigenvalue weighted by molar-refractivity contribution is 7.71. The van der Waals surface area contributed by atoms with Crippen molar-refractivity contribution in [2.24, 2.45) is 5.10 Å². The van der Waals surface area contributed by atoms with Crippen molar-refractivity contribution in [3.63, 3.8) is 0 Å². The van der Waals surface area contributed by atoms with Crippen LogP contribution >= 0.6 is 12.2 Å². The number of nitrogens with zero attached hydrogens (tertiary/aromatic N) is 3. The Labute approximate surface area is 148 Å². The molecule has 0 aliphatic heterocycles. The van der Waals surface area contributed by atoms with Crippen LogP contribution in [0.5, 0.6) is 0 Å². The Bertz CT molecular complexity index is 1080. The van der Waals surface area contributed by atoms with Gasteiger partial charge < -0.3 is 9.40 Å². The predicted octanol–water partition coefficient (Wildman–Crippen LogP) is 4.39. The van der Waals surface area contributed by atoms with E-state index in [4.69, 9.17) is 16.6 Å². The molecule has 0 unspecified atom stereocenters. The highest BCUT2D eigenvalue weighted by Gasteiger charge is 2.10. The van der Waals surface area contributed by atoms with Gasteiger partial charge in [0.1, 0.15) is 11.5 Å². The fourth-order valence-corrected chi connectivity index (χ4v) is 2.73. The van der Waals surface area contributed by atoms with E-state index in [1.165, 1.54) is 0 Å². The lowest BCUT2D eigenvalue weighted by atomic mass is 10.2. The maximum Gasteiger partial charge on any atom is 0.198 e.